The van der Waals surface area contributed by atoms with Crippen molar-refractivity contribution in [1.82, 2.24) is 10.3 Å². The Morgan fingerprint density at radius 3 is 2.08 bits per heavy atom. The number of aromatic nitrogens is 1. The van der Waals surface area contributed by atoms with Crippen molar-refractivity contribution in [1.29, 1.82) is 0 Å². The summed E-state index contributed by atoms with van der Waals surface area (Å²) in [7, 11) is 0. The van der Waals surface area contributed by atoms with Crippen molar-refractivity contribution < 1.29 is 9.59 Å². The summed E-state index contributed by atoms with van der Waals surface area (Å²) in [4.78, 5) is 27.8. The van der Waals surface area contributed by atoms with Crippen LogP contribution in [0.25, 0.3) is 0 Å². The van der Waals surface area contributed by atoms with Crippen molar-refractivity contribution in [3.63, 3.8) is 0 Å². The Kier molecular flexibility index (Phi) is 11.5. The normalized spacial score (nSPS) is 13.0. The Balaban J connectivity index is 0.00000121. The molecule has 0 saturated heterocycles. The van der Waals surface area contributed by atoms with Crippen LogP contribution in [0.5, 0.6) is 0 Å². The number of hydrogen-bond acceptors (Lipinski definition) is 6. The second-order valence-electron chi connectivity index (χ2n) is 8.34. The fraction of sp³-hybridized carbons (Fsp3) is 0.290. The summed E-state index contributed by atoms with van der Waals surface area (Å²) in [6.07, 6.45) is 2.88. The highest BCUT2D eigenvalue weighted by molar-refractivity contribution is 7.99. The third kappa shape index (κ3) is 7.42. The number of pyridine rings is 1. The van der Waals surface area contributed by atoms with E-state index in [9.17, 15) is 9.59 Å². The highest BCUT2D eigenvalue weighted by atomic mass is 32.2. The molecule has 1 aliphatic rings. The first-order valence-corrected chi connectivity index (χ1v) is 13.8. The first kappa shape index (κ1) is 30.5. The summed E-state index contributed by atoms with van der Waals surface area (Å²) in [5.41, 5.74) is 7.16. The highest BCUT2D eigenvalue weighted by Crippen LogP contribution is 2.43. The Labute approximate surface area is 231 Å². The fourth-order valence-corrected chi connectivity index (χ4v) is 5.22. The molecule has 3 aromatic rings. The minimum Gasteiger partial charge on any atom is -0.306 e. The van der Waals surface area contributed by atoms with E-state index in [4.69, 9.17) is 0 Å². The van der Waals surface area contributed by atoms with Crippen molar-refractivity contribution in [2.75, 3.05) is 5.01 Å². The van der Waals surface area contributed by atoms with Crippen LogP contribution in [0.15, 0.2) is 77.3 Å². The molecule has 1 unspecified atom stereocenters. The lowest BCUT2D eigenvalue weighted by molar-refractivity contribution is -0.114. The van der Waals surface area contributed by atoms with Gasteiger partial charge in [0.05, 0.1) is 16.0 Å². The zero-order valence-corrected chi connectivity index (χ0v) is 24.4. The van der Waals surface area contributed by atoms with Crippen molar-refractivity contribution in [3.8, 4) is 0 Å². The largest absolute Gasteiger partial charge is 0.306 e. The molecular weight excluding hydrogens is 492 g/mol. The van der Waals surface area contributed by atoms with Gasteiger partial charge in [-0.05, 0) is 74.2 Å². The molecule has 200 valence electrons. The molecule has 2 aromatic carbocycles. The third-order valence-corrected chi connectivity index (χ3v) is 6.89. The lowest BCUT2D eigenvalue weighted by Crippen LogP contribution is -2.37. The Hall–Kier alpha value is -3.71. The maximum Gasteiger partial charge on any atom is 0.269 e. The van der Waals surface area contributed by atoms with E-state index in [1.807, 2.05) is 39.8 Å². The number of carbonyl (C=O) groups is 2. The zero-order chi connectivity index (χ0) is 28.4. The zero-order valence-electron chi connectivity index (χ0n) is 23.6. The molecule has 38 heavy (non-hydrogen) atoms. The predicted molar refractivity (Wildman–Crippen MR) is 160 cm³/mol. The van der Waals surface area contributed by atoms with E-state index in [1.54, 1.807) is 29.9 Å². The lowest BCUT2D eigenvalue weighted by Gasteiger charge is -2.27. The van der Waals surface area contributed by atoms with Gasteiger partial charge in [0.15, 0.2) is 5.78 Å². The van der Waals surface area contributed by atoms with Gasteiger partial charge in [-0.2, -0.15) is 5.10 Å². The van der Waals surface area contributed by atoms with Gasteiger partial charge in [0.2, 0.25) is 0 Å². The molecule has 0 saturated carbocycles. The summed E-state index contributed by atoms with van der Waals surface area (Å²) in [6.45, 7) is 19.7. The summed E-state index contributed by atoms with van der Waals surface area (Å²) < 4.78 is 0. The summed E-state index contributed by atoms with van der Waals surface area (Å²) >= 11 is 1.65. The average molecular weight is 531 g/mol. The van der Waals surface area contributed by atoms with Gasteiger partial charge in [-0.25, -0.2) is 9.99 Å². The van der Waals surface area contributed by atoms with Crippen LogP contribution in [0, 0.1) is 20.8 Å². The molecule has 1 aliphatic heterocycles. The summed E-state index contributed by atoms with van der Waals surface area (Å²) in [6, 6.07) is 16.4. The minimum atomic E-state index is -0.287. The smallest absolute Gasteiger partial charge is 0.269 e. The summed E-state index contributed by atoms with van der Waals surface area (Å²) in [5.74, 6) is 0.128. The van der Waals surface area contributed by atoms with Crippen LogP contribution in [0.4, 0.5) is 5.69 Å². The number of hydrazone groups is 1. The Morgan fingerprint density at radius 2 is 1.58 bits per heavy atom. The number of benzene rings is 2. The van der Waals surface area contributed by atoms with Crippen LogP contribution in [0.2, 0.25) is 0 Å². The standard InChI is InChI=1S/C27H26N4O2S.2C2H6/c1-16-6-8-21(9-7-16)27(34-25-11-10-22(14-28-25)19(4)32)26-17(2)12-23(13-18(26)3)31-20(5)30-24(33)15-29-31;2*1-2/h6-15,27H,5H2,1-4H3,(H,30,33);2*1-2H3. The Bertz CT molecular complexity index is 1280. The molecule has 0 bridgehead atoms. The molecule has 0 radical (unpaired) electrons. The number of ketones is 1. The number of amides is 1. The number of thioether (sulfide) groups is 1. The fourth-order valence-electron chi connectivity index (χ4n) is 3.93. The Morgan fingerprint density at radius 1 is 0.974 bits per heavy atom. The molecular formula is C31H38N4O2S. The second-order valence-corrected chi connectivity index (χ2v) is 9.46. The van der Waals surface area contributed by atoms with Crippen LogP contribution in [-0.4, -0.2) is 22.9 Å². The molecule has 0 fully saturated rings. The van der Waals surface area contributed by atoms with E-state index in [0.717, 1.165) is 21.8 Å². The number of aryl methyl sites for hydroxylation is 3. The van der Waals surface area contributed by atoms with E-state index < -0.39 is 0 Å². The molecule has 7 heteroatoms. The first-order valence-electron chi connectivity index (χ1n) is 12.9. The van der Waals surface area contributed by atoms with Gasteiger partial charge in [0.25, 0.3) is 5.91 Å². The monoisotopic (exact) mass is 530 g/mol. The van der Waals surface area contributed by atoms with Crippen LogP contribution in [-0.2, 0) is 4.79 Å². The van der Waals surface area contributed by atoms with Crippen LogP contribution in [0.1, 0.15) is 78.0 Å². The summed E-state index contributed by atoms with van der Waals surface area (Å²) in [5, 5.41) is 9.38. The van der Waals surface area contributed by atoms with E-state index in [2.05, 4.69) is 79.2 Å². The van der Waals surface area contributed by atoms with E-state index in [0.29, 0.717) is 11.4 Å². The maximum absolute atomic E-state index is 11.7. The van der Waals surface area contributed by atoms with E-state index >= 15 is 0 Å². The molecule has 4 rings (SSSR count). The molecule has 1 amide bonds. The van der Waals surface area contributed by atoms with Crippen molar-refractivity contribution in [2.45, 2.75) is 65.7 Å². The van der Waals surface area contributed by atoms with Crippen LogP contribution in [0.3, 0.4) is 0 Å². The number of Topliss-reactive ketones (excluding diaryl/α,β-unsaturated/α-hetero) is 1. The van der Waals surface area contributed by atoms with E-state index in [1.165, 1.54) is 22.9 Å². The van der Waals surface area contributed by atoms with Crippen LogP contribution >= 0.6 is 11.8 Å². The predicted octanol–water partition coefficient (Wildman–Crippen LogP) is 7.54. The highest BCUT2D eigenvalue weighted by Gasteiger charge is 2.24. The maximum atomic E-state index is 11.7. The van der Waals surface area contributed by atoms with Gasteiger partial charge in [0.1, 0.15) is 12.0 Å². The topological polar surface area (TPSA) is 74.7 Å². The number of rotatable bonds is 6. The molecule has 0 spiro atoms. The molecule has 0 aliphatic carbocycles. The molecule has 1 N–H and O–H groups in total. The number of carbonyl (C=O) groups excluding carboxylic acids is 2. The van der Waals surface area contributed by atoms with Crippen molar-refractivity contribution in [3.05, 3.63) is 101 Å². The van der Waals surface area contributed by atoms with Gasteiger partial charge in [0, 0.05) is 11.8 Å². The SMILES string of the molecule is C=C1NC(=O)C=NN1c1cc(C)c(C(Sc2ccc(C(C)=O)cn2)c2ccc(C)cc2)c(C)c1.CC.CC. The van der Waals surface area contributed by atoms with Crippen molar-refractivity contribution in [2.24, 2.45) is 5.10 Å². The van der Waals surface area contributed by atoms with Crippen LogP contribution < -0.4 is 10.3 Å². The first-order chi connectivity index (χ1) is 18.2. The van der Waals surface area contributed by atoms with Gasteiger partial charge < -0.3 is 5.32 Å². The molecule has 6 nitrogen and oxygen atoms in total. The number of hydrogen-bond donors (Lipinski definition) is 1. The van der Waals surface area contributed by atoms with Gasteiger partial charge >= 0.3 is 0 Å². The molecule has 1 atom stereocenters. The number of nitrogens with zero attached hydrogens (tertiary/aromatic N) is 3. The number of nitrogens with one attached hydrogen (secondary N) is 1. The minimum absolute atomic E-state index is 0.000406. The second kappa shape index (κ2) is 14.3. The quantitative estimate of drug-likeness (QED) is 0.263. The molecule has 1 aromatic heterocycles. The average Bonchev–Trinajstić information content (AvgIpc) is 2.91. The van der Waals surface area contributed by atoms with Gasteiger partial charge in [-0.15, -0.1) is 0 Å². The molecule has 2 heterocycles. The third-order valence-electron chi connectivity index (χ3n) is 5.66. The van der Waals surface area contributed by atoms with Gasteiger partial charge in [-0.3, -0.25) is 9.59 Å². The number of anilines is 1. The van der Waals surface area contributed by atoms with Crippen molar-refractivity contribution >= 4 is 35.4 Å². The lowest BCUT2D eigenvalue weighted by atomic mass is 9.94. The van der Waals surface area contributed by atoms with E-state index in [-0.39, 0.29) is 16.9 Å². The van der Waals surface area contributed by atoms with Gasteiger partial charge in [-0.1, -0.05) is 75.9 Å².